The number of methoxy groups -OCH3 is 2. The number of sulfonamides is 1. The van der Waals surface area contributed by atoms with Gasteiger partial charge in [-0.05, 0) is 0 Å². The van der Waals surface area contributed by atoms with Gasteiger partial charge in [0.25, 0.3) is 0 Å². The number of esters is 1. The maximum Gasteiger partial charge on any atom is 0.320 e. The Morgan fingerprint density at radius 2 is 2.07 bits per heavy atom. The summed E-state index contributed by atoms with van der Waals surface area (Å²) in [6.07, 6.45) is 0. The molecule has 6 nitrogen and oxygen atoms in total. The van der Waals surface area contributed by atoms with E-state index in [9.17, 15) is 13.2 Å². The number of alkyl halides is 1. The molecular weight excluding hydrogens is 290 g/mol. The topological polar surface area (TPSA) is 81.7 Å². The largest absolute Gasteiger partial charge is 0.468 e. The van der Waals surface area contributed by atoms with Crippen LogP contribution in [0.5, 0.6) is 0 Å². The molecule has 0 amide bonds. The van der Waals surface area contributed by atoms with Crippen molar-refractivity contribution in [2.24, 2.45) is 0 Å². The smallest absolute Gasteiger partial charge is 0.320 e. The maximum atomic E-state index is 11.2. The van der Waals surface area contributed by atoms with Gasteiger partial charge >= 0.3 is 5.97 Å². The van der Waals surface area contributed by atoms with E-state index in [4.69, 9.17) is 0 Å². The summed E-state index contributed by atoms with van der Waals surface area (Å²) in [5.41, 5.74) is 0. The van der Waals surface area contributed by atoms with Gasteiger partial charge in [-0.15, -0.1) is 0 Å². The standard InChI is InChI=1S/C7H14BrNO5S/c1-13-3-4-15(11,12)9-5-6(8)7(10)14-2/h6,9H,3-5H2,1-2H3. The number of hydrogen-bond donors (Lipinski definition) is 1. The van der Waals surface area contributed by atoms with Crippen molar-refractivity contribution in [2.45, 2.75) is 4.83 Å². The van der Waals surface area contributed by atoms with E-state index in [-0.39, 0.29) is 18.9 Å². The minimum Gasteiger partial charge on any atom is -0.468 e. The van der Waals surface area contributed by atoms with Crippen molar-refractivity contribution < 1.29 is 22.7 Å². The lowest BCUT2D eigenvalue weighted by Crippen LogP contribution is -2.36. The van der Waals surface area contributed by atoms with Crippen LogP contribution >= 0.6 is 15.9 Å². The zero-order chi connectivity index (χ0) is 11.9. The molecule has 0 bridgehead atoms. The highest BCUT2D eigenvalue weighted by molar-refractivity contribution is 9.10. The SMILES string of the molecule is COCCS(=O)(=O)NCC(Br)C(=O)OC. The molecular formula is C7H14BrNO5S. The number of halogens is 1. The lowest BCUT2D eigenvalue weighted by molar-refractivity contribution is -0.139. The van der Waals surface area contributed by atoms with Gasteiger partial charge in [0, 0.05) is 13.7 Å². The molecule has 0 fully saturated rings. The molecule has 90 valence electrons. The predicted octanol–water partition coefficient (Wildman–Crippen LogP) is -0.511. The molecule has 0 radical (unpaired) electrons. The van der Waals surface area contributed by atoms with Crippen LogP contribution in [0.1, 0.15) is 0 Å². The average molecular weight is 304 g/mol. The van der Waals surface area contributed by atoms with Gasteiger partial charge in [0.15, 0.2) is 0 Å². The second kappa shape index (κ2) is 7.15. The first-order chi connectivity index (χ1) is 6.93. The Hall–Kier alpha value is -0.180. The molecule has 0 spiro atoms. The third-order valence-electron chi connectivity index (χ3n) is 1.50. The van der Waals surface area contributed by atoms with Crippen LogP contribution < -0.4 is 4.72 Å². The fourth-order valence-corrected chi connectivity index (χ4v) is 2.19. The van der Waals surface area contributed by atoms with Gasteiger partial charge in [-0.2, -0.15) is 0 Å². The molecule has 8 heteroatoms. The first kappa shape index (κ1) is 14.8. The molecule has 0 aromatic carbocycles. The van der Waals surface area contributed by atoms with Crippen LogP contribution in [0.25, 0.3) is 0 Å². The summed E-state index contributed by atoms with van der Waals surface area (Å²) >= 11 is 2.99. The molecule has 1 N–H and O–H groups in total. The zero-order valence-electron chi connectivity index (χ0n) is 8.53. The molecule has 1 atom stereocenters. The summed E-state index contributed by atoms with van der Waals surface area (Å²) in [6.45, 7) is 0.0687. The molecule has 0 aliphatic rings. The summed E-state index contributed by atoms with van der Waals surface area (Å²) in [6, 6.07) is 0. The third-order valence-corrected chi connectivity index (χ3v) is 3.50. The maximum absolute atomic E-state index is 11.2. The minimum absolute atomic E-state index is 0.0429. The van der Waals surface area contributed by atoms with E-state index >= 15 is 0 Å². The highest BCUT2D eigenvalue weighted by Crippen LogP contribution is 2.00. The minimum atomic E-state index is -3.39. The molecule has 0 heterocycles. The van der Waals surface area contributed by atoms with Crippen molar-refractivity contribution in [3.05, 3.63) is 0 Å². The first-order valence-electron chi connectivity index (χ1n) is 4.11. The van der Waals surface area contributed by atoms with Crippen molar-refractivity contribution in [1.29, 1.82) is 0 Å². The lowest BCUT2D eigenvalue weighted by atomic mass is 10.4. The molecule has 0 aromatic heterocycles. The van der Waals surface area contributed by atoms with E-state index < -0.39 is 20.8 Å². The van der Waals surface area contributed by atoms with E-state index in [0.29, 0.717) is 0 Å². The molecule has 1 unspecified atom stereocenters. The van der Waals surface area contributed by atoms with Gasteiger partial charge in [0.05, 0.1) is 19.5 Å². The van der Waals surface area contributed by atoms with Gasteiger partial charge in [0.2, 0.25) is 10.0 Å². The Labute approximate surface area is 97.5 Å². The molecule has 0 aliphatic carbocycles. The zero-order valence-corrected chi connectivity index (χ0v) is 10.9. The van der Waals surface area contributed by atoms with Crippen LogP contribution in [0.2, 0.25) is 0 Å². The molecule has 0 rings (SSSR count). The van der Waals surface area contributed by atoms with Gasteiger partial charge in [0.1, 0.15) is 4.83 Å². The van der Waals surface area contributed by atoms with Crippen molar-refractivity contribution >= 4 is 31.9 Å². The number of nitrogens with one attached hydrogen (secondary N) is 1. The Bertz CT molecular complexity index is 292. The first-order valence-corrected chi connectivity index (χ1v) is 6.68. The van der Waals surface area contributed by atoms with Crippen molar-refractivity contribution in [2.75, 3.05) is 33.1 Å². The summed E-state index contributed by atoms with van der Waals surface area (Å²) in [4.78, 5) is 10.2. The van der Waals surface area contributed by atoms with Crippen molar-refractivity contribution in [1.82, 2.24) is 4.72 Å². The van der Waals surface area contributed by atoms with E-state index in [1.807, 2.05) is 0 Å². The molecule has 0 aromatic rings. The predicted molar refractivity (Wildman–Crippen MR) is 58.4 cm³/mol. The van der Waals surface area contributed by atoms with E-state index in [1.54, 1.807) is 0 Å². The van der Waals surface area contributed by atoms with Gasteiger partial charge in [-0.3, -0.25) is 4.79 Å². The van der Waals surface area contributed by atoms with Crippen LogP contribution in [0.3, 0.4) is 0 Å². The van der Waals surface area contributed by atoms with Gasteiger partial charge in [-0.25, -0.2) is 13.1 Å². The van der Waals surface area contributed by atoms with Crippen LogP contribution in [0.4, 0.5) is 0 Å². The van der Waals surface area contributed by atoms with Crippen LogP contribution in [-0.4, -0.2) is 52.3 Å². The normalized spacial score (nSPS) is 13.5. The second-order valence-corrected chi connectivity index (χ2v) is 5.68. The van der Waals surface area contributed by atoms with Crippen molar-refractivity contribution in [3.63, 3.8) is 0 Å². The van der Waals surface area contributed by atoms with Crippen molar-refractivity contribution in [3.8, 4) is 0 Å². The number of rotatable bonds is 7. The Kier molecular flexibility index (Phi) is 7.07. The monoisotopic (exact) mass is 303 g/mol. The van der Waals surface area contributed by atoms with Crippen LogP contribution in [0, 0.1) is 0 Å². The Morgan fingerprint density at radius 1 is 1.47 bits per heavy atom. The van der Waals surface area contributed by atoms with Crippen LogP contribution in [-0.2, 0) is 24.3 Å². The number of carbonyl (C=O) groups excluding carboxylic acids is 1. The Morgan fingerprint density at radius 3 is 2.53 bits per heavy atom. The highest BCUT2D eigenvalue weighted by Gasteiger charge is 2.18. The van der Waals surface area contributed by atoms with E-state index in [2.05, 4.69) is 30.1 Å². The van der Waals surface area contributed by atoms with Gasteiger partial charge < -0.3 is 9.47 Å². The second-order valence-electron chi connectivity index (χ2n) is 2.65. The quantitative estimate of drug-likeness (QED) is 0.506. The summed E-state index contributed by atoms with van der Waals surface area (Å²) in [5.74, 6) is -0.658. The number of ether oxygens (including phenoxy) is 2. The molecule has 0 saturated heterocycles. The molecule has 15 heavy (non-hydrogen) atoms. The lowest BCUT2D eigenvalue weighted by Gasteiger charge is -2.09. The van der Waals surface area contributed by atoms with E-state index in [1.165, 1.54) is 14.2 Å². The van der Waals surface area contributed by atoms with Crippen LogP contribution in [0.15, 0.2) is 0 Å². The van der Waals surface area contributed by atoms with Gasteiger partial charge in [-0.1, -0.05) is 15.9 Å². The fourth-order valence-electron chi connectivity index (χ4n) is 0.677. The Balaban J connectivity index is 3.98. The summed E-state index contributed by atoms with van der Waals surface area (Å²) in [7, 11) is -0.747. The number of hydrogen-bond acceptors (Lipinski definition) is 5. The fraction of sp³-hybridized carbons (Fsp3) is 0.857. The highest BCUT2D eigenvalue weighted by atomic mass is 79.9. The number of carbonyl (C=O) groups is 1. The summed E-state index contributed by atoms with van der Waals surface area (Å²) < 4.78 is 33.8. The molecule has 0 saturated carbocycles. The van der Waals surface area contributed by atoms with E-state index in [0.717, 1.165) is 0 Å². The average Bonchev–Trinajstić information content (AvgIpc) is 2.22. The third kappa shape index (κ3) is 6.82. The summed E-state index contributed by atoms with van der Waals surface area (Å²) in [5, 5.41) is 0. The molecule has 0 aliphatic heterocycles.